The fraction of sp³-hybridized carbons (Fsp3) is 0.312. The third-order valence-corrected chi connectivity index (χ3v) is 4.69. The Balaban J connectivity index is 1.72. The highest BCUT2D eigenvalue weighted by Gasteiger charge is 2.20. The molecule has 0 saturated heterocycles. The second kappa shape index (κ2) is 5.74. The number of halogens is 1. The molecule has 0 aliphatic heterocycles. The first kappa shape index (κ1) is 13.3. The van der Waals surface area contributed by atoms with Crippen LogP contribution in [0.15, 0.2) is 29.6 Å². The van der Waals surface area contributed by atoms with Crippen molar-refractivity contribution in [1.29, 1.82) is 5.26 Å². The molecule has 1 unspecified atom stereocenters. The third-order valence-electron chi connectivity index (χ3n) is 3.69. The molecule has 0 fully saturated rings. The number of thiophene rings is 1. The van der Waals surface area contributed by atoms with Crippen molar-refractivity contribution < 1.29 is 4.39 Å². The summed E-state index contributed by atoms with van der Waals surface area (Å²) in [6.07, 6.45) is 3.48. The van der Waals surface area contributed by atoms with E-state index < -0.39 is 0 Å². The Morgan fingerprint density at radius 3 is 3.15 bits per heavy atom. The van der Waals surface area contributed by atoms with Crippen molar-refractivity contribution in [2.75, 3.05) is 0 Å². The number of fused-ring (bicyclic) bond motifs is 1. The molecule has 0 radical (unpaired) electrons. The van der Waals surface area contributed by atoms with Crippen LogP contribution in [0.3, 0.4) is 0 Å². The lowest BCUT2D eigenvalue weighted by Crippen LogP contribution is -2.23. The van der Waals surface area contributed by atoms with E-state index in [-0.39, 0.29) is 5.82 Å². The van der Waals surface area contributed by atoms with E-state index >= 15 is 0 Å². The first-order chi connectivity index (χ1) is 9.76. The van der Waals surface area contributed by atoms with Gasteiger partial charge in [0.1, 0.15) is 5.82 Å². The number of nitriles is 1. The van der Waals surface area contributed by atoms with Gasteiger partial charge in [-0.05, 0) is 60.0 Å². The predicted molar refractivity (Wildman–Crippen MR) is 78.0 cm³/mol. The van der Waals surface area contributed by atoms with Gasteiger partial charge in [-0.1, -0.05) is 0 Å². The first-order valence-corrected chi connectivity index (χ1v) is 7.63. The molecular weight excluding hydrogens is 271 g/mol. The Labute approximate surface area is 121 Å². The molecule has 0 bridgehead atoms. The van der Waals surface area contributed by atoms with E-state index in [0.717, 1.165) is 12.0 Å². The van der Waals surface area contributed by atoms with Gasteiger partial charge < -0.3 is 5.32 Å². The third kappa shape index (κ3) is 2.74. The molecule has 1 aliphatic carbocycles. The molecule has 1 aromatic carbocycles. The van der Waals surface area contributed by atoms with E-state index in [2.05, 4.69) is 16.8 Å². The highest BCUT2D eigenvalue weighted by atomic mass is 32.1. The van der Waals surface area contributed by atoms with Crippen LogP contribution in [0.2, 0.25) is 0 Å². The van der Waals surface area contributed by atoms with E-state index in [1.165, 1.54) is 35.4 Å². The molecule has 3 rings (SSSR count). The number of benzene rings is 1. The summed E-state index contributed by atoms with van der Waals surface area (Å²) in [5.74, 6) is -0.347. The Kier molecular flexibility index (Phi) is 3.81. The summed E-state index contributed by atoms with van der Waals surface area (Å²) < 4.78 is 13.4. The molecule has 102 valence electrons. The molecule has 1 N–H and O–H groups in total. The fourth-order valence-electron chi connectivity index (χ4n) is 2.76. The molecule has 1 aliphatic rings. The number of aryl methyl sites for hydroxylation is 1. The van der Waals surface area contributed by atoms with Crippen molar-refractivity contribution in [2.45, 2.75) is 31.8 Å². The lowest BCUT2D eigenvalue weighted by molar-refractivity contribution is 0.462. The van der Waals surface area contributed by atoms with Gasteiger partial charge in [0.05, 0.1) is 11.6 Å². The maximum absolute atomic E-state index is 13.4. The van der Waals surface area contributed by atoms with Crippen LogP contribution in [0.4, 0.5) is 4.39 Å². The largest absolute Gasteiger partial charge is 0.306 e. The van der Waals surface area contributed by atoms with Crippen LogP contribution in [0.1, 0.15) is 40.5 Å². The molecule has 20 heavy (non-hydrogen) atoms. The average molecular weight is 286 g/mol. The number of nitrogens with zero attached hydrogens (tertiary/aromatic N) is 1. The molecule has 0 spiro atoms. The van der Waals surface area contributed by atoms with Crippen LogP contribution in [0, 0.1) is 17.1 Å². The molecule has 1 aromatic heterocycles. The Morgan fingerprint density at radius 2 is 2.30 bits per heavy atom. The van der Waals surface area contributed by atoms with Crippen LogP contribution in [-0.4, -0.2) is 0 Å². The van der Waals surface area contributed by atoms with E-state index in [1.54, 1.807) is 6.07 Å². The fourth-order valence-corrected chi connectivity index (χ4v) is 3.74. The standard InChI is InChI=1S/C16H15FN2S/c17-13-7-11(9-18)6-12(8-13)10-19-15-2-1-3-16-14(15)4-5-20-16/h4-8,15,19H,1-3,10H2. The highest BCUT2D eigenvalue weighted by Crippen LogP contribution is 2.33. The summed E-state index contributed by atoms with van der Waals surface area (Å²) in [6, 6.07) is 9.02. The number of rotatable bonds is 3. The summed E-state index contributed by atoms with van der Waals surface area (Å²) >= 11 is 1.82. The Morgan fingerprint density at radius 1 is 1.40 bits per heavy atom. The number of nitrogens with one attached hydrogen (secondary N) is 1. The van der Waals surface area contributed by atoms with Crippen molar-refractivity contribution >= 4 is 11.3 Å². The van der Waals surface area contributed by atoms with Gasteiger partial charge in [0.2, 0.25) is 0 Å². The van der Waals surface area contributed by atoms with Gasteiger partial charge in [-0.15, -0.1) is 11.3 Å². The molecule has 1 atom stereocenters. The predicted octanol–water partition coefficient (Wildman–Crippen LogP) is 3.93. The summed E-state index contributed by atoms with van der Waals surface area (Å²) in [6.45, 7) is 0.590. The van der Waals surface area contributed by atoms with Gasteiger partial charge >= 0.3 is 0 Å². The van der Waals surface area contributed by atoms with E-state index in [9.17, 15) is 4.39 Å². The zero-order valence-electron chi connectivity index (χ0n) is 11.0. The van der Waals surface area contributed by atoms with Crippen LogP contribution in [-0.2, 0) is 13.0 Å². The van der Waals surface area contributed by atoms with Gasteiger partial charge in [0, 0.05) is 17.5 Å². The summed E-state index contributed by atoms with van der Waals surface area (Å²) in [5.41, 5.74) is 2.59. The second-order valence-electron chi connectivity index (χ2n) is 5.08. The number of hydrogen-bond donors (Lipinski definition) is 1. The zero-order chi connectivity index (χ0) is 13.9. The summed E-state index contributed by atoms with van der Waals surface area (Å²) in [7, 11) is 0. The van der Waals surface area contributed by atoms with E-state index in [0.29, 0.717) is 18.2 Å². The van der Waals surface area contributed by atoms with Gasteiger partial charge in [0.15, 0.2) is 0 Å². The van der Waals surface area contributed by atoms with Crippen LogP contribution in [0.5, 0.6) is 0 Å². The zero-order valence-corrected chi connectivity index (χ0v) is 11.8. The van der Waals surface area contributed by atoms with Crippen molar-refractivity contribution in [3.63, 3.8) is 0 Å². The van der Waals surface area contributed by atoms with E-state index in [4.69, 9.17) is 5.26 Å². The topological polar surface area (TPSA) is 35.8 Å². The molecule has 2 aromatic rings. The van der Waals surface area contributed by atoms with Gasteiger partial charge in [-0.2, -0.15) is 5.26 Å². The monoisotopic (exact) mass is 286 g/mol. The van der Waals surface area contributed by atoms with Gasteiger partial charge in [-0.25, -0.2) is 4.39 Å². The lowest BCUT2D eigenvalue weighted by Gasteiger charge is -2.24. The maximum atomic E-state index is 13.4. The highest BCUT2D eigenvalue weighted by molar-refractivity contribution is 7.10. The quantitative estimate of drug-likeness (QED) is 0.928. The first-order valence-electron chi connectivity index (χ1n) is 6.75. The molecule has 0 saturated carbocycles. The van der Waals surface area contributed by atoms with E-state index in [1.807, 2.05) is 17.4 Å². The molecule has 4 heteroatoms. The van der Waals surface area contributed by atoms with Crippen molar-refractivity contribution in [1.82, 2.24) is 5.32 Å². The van der Waals surface area contributed by atoms with Crippen LogP contribution < -0.4 is 5.32 Å². The maximum Gasteiger partial charge on any atom is 0.124 e. The SMILES string of the molecule is N#Cc1cc(F)cc(CNC2CCCc3sccc32)c1. The van der Waals surface area contributed by atoms with Crippen molar-refractivity contribution in [2.24, 2.45) is 0 Å². The van der Waals surface area contributed by atoms with Crippen molar-refractivity contribution in [3.8, 4) is 6.07 Å². The minimum Gasteiger partial charge on any atom is -0.306 e. The molecule has 1 heterocycles. The van der Waals surface area contributed by atoms with Crippen LogP contribution >= 0.6 is 11.3 Å². The minimum absolute atomic E-state index is 0.346. The summed E-state index contributed by atoms with van der Waals surface area (Å²) in [5, 5.41) is 14.5. The second-order valence-corrected chi connectivity index (χ2v) is 6.09. The van der Waals surface area contributed by atoms with Crippen molar-refractivity contribution in [3.05, 3.63) is 57.0 Å². The smallest absolute Gasteiger partial charge is 0.124 e. The molecule has 2 nitrogen and oxygen atoms in total. The lowest BCUT2D eigenvalue weighted by atomic mass is 9.94. The normalized spacial score (nSPS) is 17.5. The molecule has 0 amide bonds. The summed E-state index contributed by atoms with van der Waals surface area (Å²) in [4.78, 5) is 1.46. The van der Waals surface area contributed by atoms with Gasteiger partial charge in [-0.3, -0.25) is 0 Å². The Bertz CT molecular complexity index is 657. The van der Waals surface area contributed by atoms with Crippen LogP contribution in [0.25, 0.3) is 0 Å². The molecular formula is C16H15FN2S. The average Bonchev–Trinajstić information content (AvgIpc) is 2.93. The van der Waals surface area contributed by atoms with Gasteiger partial charge in [0.25, 0.3) is 0 Å². The Hall–Kier alpha value is -1.70. The number of hydrogen-bond acceptors (Lipinski definition) is 3. The minimum atomic E-state index is -0.347.